The number of aliphatic hydroxyl groups excluding tert-OH is 1. The third-order valence-corrected chi connectivity index (χ3v) is 7.43. The van der Waals surface area contributed by atoms with Gasteiger partial charge in [0.25, 0.3) is 0 Å². The van der Waals surface area contributed by atoms with Crippen LogP contribution in [0.3, 0.4) is 0 Å². The van der Waals surface area contributed by atoms with Crippen LogP contribution in [0.1, 0.15) is 46.1 Å². The fraction of sp³-hybridized carbons (Fsp3) is 0.667. The highest BCUT2D eigenvalue weighted by molar-refractivity contribution is 14.1. The first kappa shape index (κ1) is 20.5. The molecule has 1 N–H and O–H groups in total. The maximum absolute atomic E-state index is 13.1. The number of hydrogen-bond donors (Lipinski definition) is 1. The number of alkyl halides is 1. The molecule has 0 aromatic heterocycles. The van der Waals surface area contributed by atoms with Crippen LogP contribution in [-0.2, 0) is 22.6 Å². The highest BCUT2D eigenvalue weighted by Crippen LogP contribution is 2.31. The maximum atomic E-state index is 13.1. The summed E-state index contributed by atoms with van der Waals surface area (Å²) in [5.74, 6) is 0. The second-order valence-electron chi connectivity index (χ2n) is 7.32. The Balaban J connectivity index is 2.18. The molecule has 2 unspecified atom stereocenters. The molecule has 1 heterocycles. The molecule has 0 spiro atoms. The first-order valence-electron chi connectivity index (χ1n) is 8.40. The Morgan fingerprint density at radius 1 is 1.33 bits per heavy atom. The summed E-state index contributed by atoms with van der Waals surface area (Å²) in [5.41, 5.74) is 1.13. The molecule has 24 heavy (non-hydrogen) atoms. The summed E-state index contributed by atoms with van der Waals surface area (Å²) >= 11 is 1.07. The van der Waals surface area contributed by atoms with Gasteiger partial charge in [-0.2, -0.15) is 0 Å². The fourth-order valence-corrected chi connectivity index (χ4v) is 4.74. The summed E-state index contributed by atoms with van der Waals surface area (Å²) in [4.78, 5) is 0. The number of benzene rings is 1. The van der Waals surface area contributed by atoms with E-state index in [1.807, 2.05) is 43.3 Å². The highest BCUT2D eigenvalue weighted by Gasteiger charge is 2.41. The molecule has 1 aromatic carbocycles. The molecule has 136 valence electrons. The number of rotatable bonds is 5. The van der Waals surface area contributed by atoms with Crippen LogP contribution in [0.2, 0.25) is 0 Å². The zero-order valence-corrected chi connectivity index (χ0v) is 17.8. The number of aliphatic hydroxyl groups is 1. The molecule has 4 nitrogen and oxygen atoms in total. The van der Waals surface area contributed by atoms with E-state index in [4.69, 9.17) is 4.74 Å². The van der Waals surface area contributed by atoms with Crippen molar-refractivity contribution in [2.24, 2.45) is 0 Å². The van der Waals surface area contributed by atoms with E-state index >= 15 is 0 Å². The monoisotopic (exact) mass is 465 g/mol. The van der Waals surface area contributed by atoms with Gasteiger partial charge in [-0.1, -0.05) is 52.9 Å². The van der Waals surface area contributed by atoms with Gasteiger partial charge in [0.15, 0.2) is 6.29 Å². The third kappa shape index (κ3) is 5.32. The average Bonchev–Trinajstić information content (AvgIpc) is 2.54. The summed E-state index contributed by atoms with van der Waals surface area (Å²) in [6.45, 7) is 8.63. The maximum Gasteiger partial charge on any atom is 0.166 e. The Morgan fingerprint density at radius 2 is 1.96 bits per heavy atom. The van der Waals surface area contributed by atoms with E-state index in [0.29, 0.717) is 6.54 Å². The van der Waals surface area contributed by atoms with Gasteiger partial charge in [0.1, 0.15) is 4.75 Å². The SMILES string of the molecule is C[C@H]([C@@H]1CCC(I)C(O)O1)N(Cc1ccccc1)[S@+]([O-])C(C)(C)C. The molecule has 1 aliphatic heterocycles. The van der Waals surface area contributed by atoms with Crippen LogP contribution in [0, 0.1) is 0 Å². The van der Waals surface area contributed by atoms with Crippen molar-refractivity contribution in [1.29, 1.82) is 0 Å². The van der Waals surface area contributed by atoms with E-state index in [1.165, 1.54) is 0 Å². The van der Waals surface area contributed by atoms with Crippen LogP contribution in [0.25, 0.3) is 0 Å². The Morgan fingerprint density at radius 3 is 2.50 bits per heavy atom. The lowest BCUT2D eigenvalue weighted by atomic mass is 10.0. The van der Waals surface area contributed by atoms with Crippen molar-refractivity contribution in [1.82, 2.24) is 4.31 Å². The molecule has 0 saturated carbocycles. The van der Waals surface area contributed by atoms with Crippen LogP contribution in [0.4, 0.5) is 0 Å². The molecular weight excluding hydrogens is 437 g/mol. The van der Waals surface area contributed by atoms with E-state index in [-0.39, 0.29) is 20.8 Å². The average molecular weight is 465 g/mol. The van der Waals surface area contributed by atoms with Gasteiger partial charge < -0.3 is 14.4 Å². The minimum atomic E-state index is -1.16. The second kappa shape index (κ2) is 8.68. The van der Waals surface area contributed by atoms with Gasteiger partial charge in [-0.15, -0.1) is 4.31 Å². The van der Waals surface area contributed by atoms with Crippen molar-refractivity contribution in [3.63, 3.8) is 0 Å². The zero-order chi connectivity index (χ0) is 17.9. The summed E-state index contributed by atoms with van der Waals surface area (Å²) in [6.07, 6.45) is 0.936. The smallest absolute Gasteiger partial charge is 0.166 e. The number of hydrogen-bond acceptors (Lipinski definition) is 4. The van der Waals surface area contributed by atoms with Crippen LogP contribution >= 0.6 is 22.6 Å². The number of ether oxygens (including phenoxy) is 1. The van der Waals surface area contributed by atoms with Crippen LogP contribution in [0.15, 0.2) is 30.3 Å². The molecule has 1 fully saturated rings. The first-order valence-corrected chi connectivity index (χ1v) is 10.8. The molecule has 1 saturated heterocycles. The first-order chi connectivity index (χ1) is 11.2. The van der Waals surface area contributed by atoms with E-state index in [1.54, 1.807) is 0 Å². The van der Waals surface area contributed by atoms with E-state index < -0.39 is 17.7 Å². The Bertz CT molecular complexity index is 511. The lowest BCUT2D eigenvalue weighted by Crippen LogP contribution is -2.53. The topological polar surface area (TPSA) is 55.8 Å². The quantitative estimate of drug-likeness (QED) is 0.410. The molecule has 0 aliphatic carbocycles. The highest BCUT2D eigenvalue weighted by atomic mass is 127. The lowest BCUT2D eigenvalue weighted by Gasteiger charge is -2.41. The molecule has 5 atom stereocenters. The molecule has 0 amide bonds. The standard InChI is InChI=1S/C18H28INO3S/c1-13(16-11-10-15(19)17(21)23-16)20(24(22)18(2,3)4)12-14-8-6-5-7-9-14/h5-9,13,15-17,21H,10-12H2,1-4H3/t13-,15?,16+,17?,24-/m1/s1. The largest absolute Gasteiger partial charge is 0.597 e. The van der Waals surface area contributed by atoms with Crippen molar-refractivity contribution in [2.75, 3.05) is 0 Å². The van der Waals surface area contributed by atoms with E-state index in [2.05, 4.69) is 41.6 Å². The lowest BCUT2D eigenvalue weighted by molar-refractivity contribution is -0.168. The van der Waals surface area contributed by atoms with Gasteiger partial charge in [-0.05, 0) is 46.1 Å². The zero-order valence-electron chi connectivity index (χ0n) is 14.8. The van der Waals surface area contributed by atoms with Crippen molar-refractivity contribution in [3.05, 3.63) is 35.9 Å². The summed E-state index contributed by atoms with van der Waals surface area (Å²) in [5, 5.41) is 10.0. The minimum Gasteiger partial charge on any atom is -0.597 e. The Hall–Kier alpha value is 0.140. The molecule has 6 heteroatoms. The Kier molecular flexibility index (Phi) is 7.40. The van der Waals surface area contributed by atoms with Crippen molar-refractivity contribution >= 4 is 34.0 Å². The number of halogens is 1. The van der Waals surface area contributed by atoms with Gasteiger partial charge >= 0.3 is 0 Å². The van der Waals surface area contributed by atoms with Crippen LogP contribution in [-0.4, -0.2) is 41.1 Å². The van der Waals surface area contributed by atoms with Crippen LogP contribution in [0.5, 0.6) is 0 Å². The predicted octanol–water partition coefficient (Wildman–Crippen LogP) is 3.64. The molecule has 0 bridgehead atoms. The number of nitrogens with zero attached hydrogens (tertiary/aromatic N) is 1. The molecule has 1 aromatic rings. The van der Waals surface area contributed by atoms with E-state index in [9.17, 15) is 9.66 Å². The predicted molar refractivity (Wildman–Crippen MR) is 107 cm³/mol. The van der Waals surface area contributed by atoms with Crippen molar-refractivity contribution in [2.45, 2.75) is 74.2 Å². The molecule has 1 aliphatic rings. The fourth-order valence-electron chi connectivity index (χ4n) is 2.81. The van der Waals surface area contributed by atoms with Crippen LogP contribution < -0.4 is 0 Å². The molecule has 0 radical (unpaired) electrons. The second-order valence-corrected chi connectivity index (χ2v) is 11.1. The molecular formula is C18H28INO3S. The van der Waals surface area contributed by atoms with Gasteiger partial charge in [-0.25, -0.2) is 0 Å². The third-order valence-electron chi connectivity index (χ3n) is 4.26. The van der Waals surface area contributed by atoms with Gasteiger partial charge in [0.05, 0.1) is 22.6 Å². The van der Waals surface area contributed by atoms with Gasteiger partial charge in [0.2, 0.25) is 0 Å². The van der Waals surface area contributed by atoms with Gasteiger partial charge in [0, 0.05) is 11.4 Å². The summed E-state index contributed by atoms with van der Waals surface area (Å²) in [7, 11) is 0. The van der Waals surface area contributed by atoms with E-state index in [0.717, 1.165) is 18.4 Å². The summed E-state index contributed by atoms with van der Waals surface area (Å²) in [6, 6.07) is 10.1. The summed E-state index contributed by atoms with van der Waals surface area (Å²) < 4.78 is 20.7. The molecule has 2 rings (SSSR count). The van der Waals surface area contributed by atoms with Gasteiger partial charge in [-0.3, -0.25) is 0 Å². The normalized spacial score (nSPS) is 27.9. The minimum absolute atomic E-state index is 0.0381. The Labute approximate surface area is 162 Å². The van der Waals surface area contributed by atoms with Crippen molar-refractivity contribution < 1.29 is 14.4 Å². The van der Waals surface area contributed by atoms with Crippen molar-refractivity contribution in [3.8, 4) is 0 Å².